The summed E-state index contributed by atoms with van der Waals surface area (Å²) in [6.07, 6.45) is 1.89. The molecule has 2 heteroatoms. The van der Waals surface area contributed by atoms with Gasteiger partial charge in [0.25, 0.3) is 0 Å². The molecule has 0 aromatic heterocycles. The van der Waals surface area contributed by atoms with Crippen molar-refractivity contribution in [2.75, 3.05) is 0 Å². The molecule has 0 bridgehead atoms. The fourth-order valence-electron chi connectivity index (χ4n) is 3.25. The lowest BCUT2D eigenvalue weighted by Crippen LogP contribution is -2.43. The number of benzene rings is 2. The zero-order chi connectivity index (χ0) is 14.9. The van der Waals surface area contributed by atoms with E-state index in [0.29, 0.717) is 12.8 Å². The predicted octanol–water partition coefficient (Wildman–Crippen LogP) is 3.63. The molecule has 0 spiro atoms. The summed E-state index contributed by atoms with van der Waals surface area (Å²) in [5.74, 6) is -0.0356. The predicted molar refractivity (Wildman–Crippen MR) is 82.4 cm³/mol. The minimum Gasteiger partial charge on any atom is -0.299 e. The smallest absolute Gasteiger partial charge is 0.176 e. The van der Waals surface area contributed by atoms with Crippen molar-refractivity contribution < 1.29 is 9.59 Å². The number of aryl methyl sites for hydroxylation is 1. The highest BCUT2D eigenvalue weighted by molar-refractivity contribution is 6.15. The Hall–Kier alpha value is -2.22. The maximum Gasteiger partial charge on any atom is 0.176 e. The van der Waals surface area contributed by atoms with Crippen LogP contribution in [-0.4, -0.2) is 11.6 Å². The first-order valence-corrected chi connectivity index (χ1v) is 7.31. The lowest BCUT2D eigenvalue weighted by atomic mass is 9.65. The van der Waals surface area contributed by atoms with Crippen LogP contribution >= 0.6 is 0 Å². The van der Waals surface area contributed by atoms with Crippen LogP contribution in [0.3, 0.4) is 0 Å². The highest BCUT2D eigenvalue weighted by atomic mass is 16.2. The van der Waals surface area contributed by atoms with Crippen molar-refractivity contribution in [3.8, 4) is 0 Å². The molecule has 21 heavy (non-hydrogen) atoms. The van der Waals surface area contributed by atoms with E-state index in [9.17, 15) is 9.59 Å². The summed E-state index contributed by atoms with van der Waals surface area (Å²) < 4.78 is 0. The molecule has 0 radical (unpaired) electrons. The van der Waals surface area contributed by atoms with Crippen molar-refractivity contribution in [2.24, 2.45) is 5.41 Å². The lowest BCUT2D eigenvalue weighted by Gasteiger charge is -2.34. The lowest BCUT2D eigenvalue weighted by molar-refractivity contribution is -0.124. The zero-order valence-corrected chi connectivity index (χ0v) is 12.1. The second-order valence-corrected chi connectivity index (χ2v) is 5.79. The summed E-state index contributed by atoms with van der Waals surface area (Å²) in [6.45, 7) is 1.55. The Morgan fingerprint density at radius 2 is 1.71 bits per heavy atom. The van der Waals surface area contributed by atoms with E-state index in [0.717, 1.165) is 23.1 Å². The Morgan fingerprint density at radius 1 is 1.05 bits per heavy atom. The van der Waals surface area contributed by atoms with E-state index in [-0.39, 0.29) is 11.6 Å². The van der Waals surface area contributed by atoms with Gasteiger partial charge in [-0.05, 0) is 37.3 Å². The Morgan fingerprint density at radius 3 is 2.43 bits per heavy atom. The van der Waals surface area contributed by atoms with Gasteiger partial charge in [0.15, 0.2) is 5.78 Å². The first-order valence-electron chi connectivity index (χ1n) is 7.31. The van der Waals surface area contributed by atoms with E-state index in [1.165, 1.54) is 0 Å². The molecule has 3 rings (SSSR count). The van der Waals surface area contributed by atoms with Crippen molar-refractivity contribution in [3.63, 3.8) is 0 Å². The van der Waals surface area contributed by atoms with Gasteiger partial charge >= 0.3 is 0 Å². The van der Waals surface area contributed by atoms with E-state index in [4.69, 9.17) is 0 Å². The molecule has 1 unspecified atom stereocenters. The Kier molecular flexibility index (Phi) is 3.46. The minimum atomic E-state index is -0.893. The van der Waals surface area contributed by atoms with Crippen LogP contribution in [0.25, 0.3) is 0 Å². The van der Waals surface area contributed by atoms with Gasteiger partial charge in [0.2, 0.25) is 0 Å². The van der Waals surface area contributed by atoms with Crippen molar-refractivity contribution in [1.82, 2.24) is 0 Å². The highest BCUT2D eigenvalue weighted by Crippen LogP contribution is 2.39. The number of fused-ring (bicyclic) bond motifs is 1. The highest BCUT2D eigenvalue weighted by Gasteiger charge is 2.46. The van der Waals surface area contributed by atoms with E-state index in [2.05, 4.69) is 0 Å². The van der Waals surface area contributed by atoms with E-state index >= 15 is 0 Å². The van der Waals surface area contributed by atoms with Crippen LogP contribution in [0.2, 0.25) is 0 Å². The average molecular weight is 278 g/mol. The average Bonchev–Trinajstić information content (AvgIpc) is 2.51. The van der Waals surface area contributed by atoms with Crippen molar-refractivity contribution in [3.05, 3.63) is 71.3 Å². The zero-order valence-electron chi connectivity index (χ0n) is 12.1. The number of Topliss-reactive ketones (excluding diaryl/α,β-unsaturated/α-hetero) is 2. The van der Waals surface area contributed by atoms with Gasteiger partial charge in [-0.15, -0.1) is 0 Å². The molecule has 1 atom stereocenters. The monoisotopic (exact) mass is 278 g/mol. The van der Waals surface area contributed by atoms with Gasteiger partial charge in [0.1, 0.15) is 5.78 Å². The number of ketones is 2. The van der Waals surface area contributed by atoms with Crippen molar-refractivity contribution in [1.29, 1.82) is 0 Å². The fourth-order valence-corrected chi connectivity index (χ4v) is 3.25. The Bertz CT molecular complexity index is 688. The van der Waals surface area contributed by atoms with Crippen LogP contribution in [0, 0.1) is 5.41 Å². The molecule has 0 saturated heterocycles. The molecular formula is C19H18O2. The molecule has 0 saturated carbocycles. The third-order valence-electron chi connectivity index (χ3n) is 4.54. The number of carbonyl (C=O) groups is 2. The van der Waals surface area contributed by atoms with Crippen LogP contribution in [0.5, 0.6) is 0 Å². The maximum absolute atomic E-state index is 13.0. The molecule has 0 N–H and O–H groups in total. The summed E-state index contributed by atoms with van der Waals surface area (Å²) in [5, 5.41) is 0. The van der Waals surface area contributed by atoms with Crippen LogP contribution < -0.4 is 0 Å². The van der Waals surface area contributed by atoms with Gasteiger partial charge in [-0.25, -0.2) is 0 Å². The van der Waals surface area contributed by atoms with Gasteiger partial charge in [-0.1, -0.05) is 54.6 Å². The van der Waals surface area contributed by atoms with Crippen molar-refractivity contribution in [2.45, 2.75) is 26.2 Å². The summed E-state index contributed by atoms with van der Waals surface area (Å²) >= 11 is 0. The molecule has 0 heterocycles. The van der Waals surface area contributed by atoms with Gasteiger partial charge in [-0.3, -0.25) is 9.59 Å². The molecule has 1 aliphatic carbocycles. The summed E-state index contributed by atoms with van der Waals surface area (Å²) in [5.41, 5.74) is 1.93. The minimum absolute atomic E-state index is 0.0132. The van der Waals surface area contributed by atoms with Crippen LogP contribution in [0.1, 0.15) is 34.8 Å². The molecule has 1 aliphatic rings. The number of hydrogen-bond acceptors (Lipinski definition) is 2. The third kappa shape index (κ3) is 2.31. The molecule has 106 valence electrons. The molecule has 2 nitrogen and oxygen atoms in total. The van der Waals surface area contributed by atoms with E-state index in [1.54, 1.807) is 6.92 Å². The van der Waals surface area contributed by atoms with Gasteiger partial charge in [0.05, 0.1) is 5.41 Å². The quantitative estimate of drug-likeness (QED) is 0.803. The van der Waals surface area contributed by atoms with Crippen LogP contribution in [0.15, 0.2) is 54.6 Å². The first kappa shape index (κ1) is 13.7. The molecular weight excluding hydrogens is 260 g/mol. The number of rotatable bonds is 3. The second-order valence-electron chi connectivity index (χ2n) is 5.79. The SMILES string of the molecule is CC(=O)C1(Cc2ccccc2)CCc2ccccc2C1=O. The number of carbonyl (C=O) groups excluding carboxylic acids is 2. The fraction of sp³-hybridized carbons (Fsp3) is 0.263. The first-order chi connectivity index (χ1) is 10.1. The summed E-state index contributed by atoms with van der Waals surface area (Å²) in [4.78, 5) is 25.3. The molecule has 0 aliphatic heterocycles. The van der Waals surface area contributed by atoms with Crippen molar-refractivity contribution >= 4 is 11.6 Å². The molecule has 2 aromatic rings. The number of hydrogen-bond donors (Lipinski definition) is 0. The normalized spacial score (nSPS) is 20.9. The molecule has 2 aromatic carbocycles. The third-order valence-corrected chi connectivity index (χ3v) is 4.54. The maximum atomic E-state index is 13.0. The van der Waals surface area contributed by atoms with Crippen LogP contribution in [-0.2, 0) is 17.6 Å². The standard InChI is InChI=1S/C19H18O2/c1-14(20)19(13-15-7-3-2-4-8-15)12-11-16-9-5-6-10-17(16)18(19)21/h2-10H,11-13H2,1H3. The van der Waals surface area contributed by atoms with Gasteiger partial charge in [-0.2, -0.15) is 0 Å². The summed E-state index contributed by atoms with van der Waals surface area (Å²) in [6, 6.07) is 17.5. The van der Waals surface area contributed by atoms with Gasteiger partial charge < -0.3 is 0 Å². The Balaban J connectivity index is 2.04. The van der Waals surface area contributed by atoms with Gasteiger partial charge in [0, 0.05) is 5.56 Å². The summed E-state index contributed by atoms with van der Waals surface area (Å²) in [7, 11) is 0. The second kappa shape index (κ2) is 5.28. The van der Waals surface area contributed by atoms with E-state index < -0.39 is 5.41 Å². The molecule has 0 amide bonds. The van der Waals surface area contributed by atoms with E-state index in [1.807, 2.05) is 54.6 Å². The largest absolute Gasteiger partial charge is 0.299 e. The van der Waals surface area contributed by atoms with Crippen LogP contribution in [0.4, 0.5) is 0 Å². The molecule has 0 fully saturated rings. The topological polar surface area (TPSA) is 34.1 Å². The Labute approximate surface area is 124 Å².